The molecule has 0 spiro atoms. The van der Waals surface area contributed by atoms with Crippen molar-refractivity contribution in [3.05, 3.63) is 53.9 Å². The summed E-state index contributed by atoms with van der Waals surface area (Å²) in [6.45, 7) is 3.76. The molecule has 13 heavy (non-hydrogen) atoms. The largest absolute Gasteiger partial charge is 0.144 e. The van der Waals surface area contributed by atoms with Gasteiger partial charge < -0.3 is 0 Å². The SMILES string of the molecule is C=Cc1cccc(-c2cccs2)c1. The van der Waals surface area contributed by atoms with E-state index in [1.165, 1.54) is 16.0 Å². The first-order valence-corrected chi connectivity index (χ1v) is 5.04. The highest BCUT2D eigenvalue weighted by molar-refractivity contribution is 7.13. The van der Waals surface area contributed by atoms with Gasteiger partial charge in [-0.05, 0) is 28.6 Å². The van der Waals surface area contributed by atoms with Crippen molar-refractivity contribution >= 4 is 17.4 Å². The third-order valence-electron chi connectivity index (χ3n) is 1.93. The van der Waals surface area contributed by atoms with Gasteiger partial charge in [-0.2, -0.15) is 0 Å². The summed E-state index contributed by atoms with van der Waals surface area (Å²) < 4.78 is 0. The number of hydrogen-bond acceptors (Lipinski definition) is 1. The Kier molecular flexibility index (Phi) is 2.28. The van der Waals surface area contributed by atoms with Crippen molar-refractivity contribution in [2.75, 3.05) is 0 Å². The van der Waals surface area contributed by atoms with E-state index in [0.29, 0.717) is 0 Å². The molecule has 64 valence electrons. The van der Waals surface area contributed by atoms with Gasteiger partial charge in [-0.3, -0.25) is 0 Å². The van der Waals surface area contributed by atoms with Crippen LogP contribution in [0.4, 0.5) is 0 Å². The molecule has 1 heteroatoms. The average molecular weight is 186 g/mol. The molecule has 0 radical (unpaired) electrons. The molecular formula is C12H10S. The summed E-state index contributed by atoms with van der Waals surface area (Å²) in [7, 11) is 0. The molecule has 0 bridgehead atoms. The maximum Gasteiger partial charge on any atom is 0.0342 e. The smallest absolute Gasteiger partial charge is 0.0342 e. The van der Waals surface area contributed by atoms with Crippen molar-refractivity contribution in [2.24, 2.45) is 0 Å². The van der Waals surface area contributed by atoms with Gasteiger partial charge in [-0.15, -0.1) is 11.3 Å². The second-order valence-corrected chi connectivity index (χ2v) is 3.75. The van der Waals surface area contributed by atoms with Crippen LogP contribution in [-0.2, 0) is 0 Å². The Morgan fingerprint density at radius 3 is 2.77 bits per heavy atom. The van der Waals surface area contributed by atoms with Crippen LogP contribution in [0, 0.1) is 0 Å². The van der Waals surface area contributed by atoms with E-state index in [9.17, 15) is 0 Å². The minimum atomic E-state index is 1.17. The van der Waals surface area contributed by atoms with Gasteiger partial charge in [-0.1, -0.05) is 36.9 Å². The van der Waals surface area contributed by atoms with Crippen LogP contribution in [0.25, 0.3) is 16.5 Å². The highest BCUT2D eigenvalue weighted by Crippen LogP contribution is 2.25. The normalized spacial score (nSPS) is 9.85. The first-order valence-electron chi connectivity index (χ1n) is 4.16. The lowest BCUT2D eigenvalue weighted by molar-refractivity contribution is 1.66. The number of thiophene rings is 1. The second-order valence-electron chi connectivity index (χ2n) is 2.81. The molecule has 0 N–H and O–H groups in total. The predicted octanol–water partition coefficient (Wildman–Crippen LogP) is 4.06. The van der Waals surface area contributed by atoms with Crippen LogP contribution in [0.15, 0.2) is 48.4 Å². The Balaban J connectivity index is 2.47. The van der Waals surface area contributed by atoms with Crippen molar-refractivity contribution in [2.45, 2.75) is 0 Å². The van der Waals surface area contributed by atoms with E-state index in [0.717, 1.165) is 0 Å². The van der Waals surface area contributed by atoms with Crippen molar-refractivity contribution < 1.29 is 0 Å². The van der Waals surface area contributed by atoms with Gasteiger partial charge in [-0.25, -0.2) is 0 Å². The van der Waals surface area contributed by atoms with Gasteiger partial charge in [0.1, 0.15) is 0 Å². The van der Waals surface area contributed by atoms with Crippen molar-refractivity contribution in [1.82, 2.24) is 0 Å². The quantitative estimate of drug-likeness (QED) is 0.663. The second kappa shape index (κ2) is 3.58. The van der Waals surface area contributed by atoms with E-state index in [1.807, 2.05) is 6.08 Å². The zero-order chi connectivity index (χ0) is 9.10. The van der Waals surface area contributed by atoms with Gasteiger partial charge in [0, 0.05) is 4.88 Å². The van der Waals surface area contributed by atoms with Gasteiger partial charge in [0.25, 0.3) is 0 Å². The molecule has 0 nitrogen and oxygen atoms in total. The first-order chi connectivity index (χ1) is 6.40. The molecule has 0 fully saturated rings. The lowest BCUT2D eigenvalue weighted by Gasteiger charge is -1.98. The maximum absolute atomic E-state index is 3.76. The van der Waals surface area contributed by atoms with E-state index in [4.69, 9.17) is 0 Å². The number of benzene rings is 1. The summed E-state index contributed by atoms with van der Waals surface area (Å²) in [6.07, 6.45) is 1.87. The summed E-state index contributed by atoms with van der Waals surface area (Å²) in [4.78, 5) is 1.31. The highest BCUT2D eigenvalue weighted by Gasteiger charge is 1.97. The van der Waals surface area contributed by atoms with Crippen LogP contribution < -0.4 is 0 Å². The molecule has 1 aromatic carbocycles. The van der Waals surface area contributed by atoms with Crippen molar-refractivity contribution in [1.29, 1.82) is 0 Å². The van der Waals surface area contributed by atoms with Crippen LogP contribution in [0.1, 0.15) is 5.56 Å². The predicted molar refractivity (Wildman–Crippen MR) is 59.8 cm³/mol. The van der Waals surface area contributed by atoms with E-state index < -0.39 is 0 Å². The number of hydrogen-bond donors (Lipinski definition) is 0. The van der Waals surface area contributed by atoms with Crippen molar-refractivity contribution in [3.8, 4) is 10.4 Å². The molecule has 0 atom stereocenters. The monoisotopic (exact) mass is 186 g/mol. The Bertz CT molecular complexity index is 399. The van der Waals surface area contributed by atoms with Crippen LogP contribution in [-0.4, -0.2) is 0 Å². The molecule has 0 saturated carbocycles. The topological polar surface area (TPSA) is 0 Å². The summed E-state index contributed by atoms with van der Waals surface area (Å²) >= 11 is 1.76. The van der Waals surface area contributed by atoms with Crippen LogP contribution in [0.5, 0.6) is 0 Å². The fourth-order valence-corrected chi connectivity index (χ4v) is 1.99. The Labute approximate surface area is 82.2 Å². The molecule has 0 amide bonds. The third kappa shape index (κ3) is 1.70. The van der Waals surface area contributed by atoms with E-state index in [-0.39, 0.29) is 0 Å². The molecule has 0 aliphatic carbocycles. The van der Waals surface area contributed by atoms with E-state index in [1.54, 1.807) is 11.3 Å². The average Bonchev–Trinajstić information content (AvgIpc) is 2.71. The first kappa shape index (κ1) is 8.27. The standard InChI is InChI=1S/C12H10S/c1-2-10-5-3-6-11(9-10)12-7-4-8-13-12/h2-9H,1H2. The Morgan fingerprint density at radius 2 is 2.08 bits per heavy atom. The van der Waals surface area contributed by atoms with Crippen LogP contribution in [0.3, 0.4) is 0 Å². The van der Waals surface area contributed by atoms with E-state index in [2.05, 4.69) is 48.4 Å². The fraction of sp³-hybridized carbons (Fsp3) is 0. The van der Waals surface area contributed by atoms with Gasteiger partial charge >= 0.3 is 0 Å². The summed E-state index contributed by atoms with van der Waals surface area (Å²) in [5, 5.41) is 2.09. The fourth-order valence-electron chi connectivity index (χ4n) is 1.26. The van der Waals surface area contributed by atoms with Gasteiger partial charge in [0.15, 0.2) is 0 Å². The molecule has 0 aliphatic rings. The van der Waals surface area contributed by atoms with Gasteiger partial charge in [0.2, 0.25) is 0 Å². The Hall–Kier alpha value is -1.34. The highest BCUT2D eigenvalue weighted by atomic mass is 32.1. The van der Waals surface area contributed by atoms with Gasteiger partial charge in [0.05, 0.1) is 0 Å². The zero-order valence-electron chi connectivity index (χ0n) is 7.23. The third-order valence-corrected chi connectivity index (χ3v) is 2.85. The Morgan fingerprint density at radius 1 is 1.15 bits per heavy atom. The summed E-state index contributed by atoms with van der Waals surface area (Å²) in [6, 6.07) is 12.6. The summed E-state index contributed by atoms with van der Waals surface area (Å²) in [5.41, 5.74) is 2.44. The molecule has 0 saturated heterocycles. The lowest BCUT2D eigenvalue weighted by Crippen LogP contribution is -1.74. The molecule has 0 aliphatic heterocycles. The molecular weight excluding hydrogens is 176 g/mol. The van der Waals surface area contributed by atoms with Crippen LogP contribution >= 0.6 is 11.3 Å². The molecule has 2 rings (SSSR count). The van der Waals surface area contributed by atoms with E-state index >= 15 is 0 Å². The summed E-state index contributed by atoms with van der Waals surface area (Å²) in [5.74, 6) is 0. The minimum Gasteiger partial charge on any atom is -0.144 e. The molecule has 0 unspecified atom stereocenters. The zero-order valence-corrected chi connectivity index (χ0v) is 8.05. The minimum absolute atomic E-state index is 1.17. The van der Waals surface area contributed by atoms with Crippen LogP contribution in [0.2, 0.25) is 0 Å². The molecule has 2 aromatic rings. The maximum atomic E-state index is 3.76. The number of rotatable bonds is 2. The lowest BCUT2D eigenvalue weighted by atomic mass is 10.1. The molecule has 1 aromatic heterocycles. The molecule has 1 heterocycles. The van der Waals surface area contributed by atoms with Crippen molar-refractivity contribution in [3.63, 3.8) is 0 Å².